The molecule has 0 bridgehead atoms. The summed E-state index contributed by atoms with van der Waals surface area (Å²) in [6, 6.07) is 0. The quantitative estimate of drug-likeness (QED) is 0.702. The second-order valence-electron chi connectivity index (χ2n) is 5.37. The van der Waals surface area contributed by atoms with Crippen molar-refractivity contribution in [2.24, 2.45) is 11.1 Å². The van der Waals surface area contributed by atoms with Gasteiger partial charge in [-0.3, -0.25) is 0 Å². The summed E-state index contributed by atoms with van der Waals surface area (Å²) >= 11 is 1.73. The minimum Gasteiger partial charge on any atom is -0.330 e. The number of nitrogens with zero attached hydrogens (tertiary/aromatic N) is 1. The van der Waals surface area contributed by atoms with Crippen LogP contribution in [0.2, 0.25) is 0 Å². The molecule has 1 rings (SSSR count). The second kappa shape index (κ2) is 7.09. The van der Waals surface area contributed by atoms with Gasteiger partial charge in [-0.15, -0.1) is 11.3 Å². The Morgan fingerprint density at radius 2 is 2.18 bits per heavy atom. The third kappa shape index (κ3) is 6.15. The number of hydrogen-bond acceptors (Lipinski definition) is 4. The van der Waals surface area contributed by atoms with Gasteiger partial charge in [0, 0.05) is 17.6 Å². The van der Waals surface area contributed by atoms with Gasteiger partial charge in [0.2, 0.25) is 0 Å². The van der Waals surface area contributed by atoms with E-state index in [-0.39, 0.29) is 0 Å². The molecule has 17 heavy (non-hydrogen) atoms. The Hall–Kier alpha value is -0.450. The van der Waals surface area contributed by atoms with Crippen LogP contribution in [0.4, 0.5) is 0 Å². The number of rotatable bonds is 8. The van der Waals surface area contributed by atoms with Gasteiger partial charge in [-0.25, -0.2) is 4.98 Å². The van der Waals surface area contributed by atoms with Crippen molar-refractivity contribution in [2.75, 3.05) is 13.1 Å². The molecule has 3 nitrogen and oxygen atoms in total. The number of thiazole rings is 1. The molecule has 0 aromatic carbocycles. The lowest BCUT2D eigenvalue weighted by Gasteiger charge is -2.23. The Kier molecular flexibility index (Phi) is 6.09. The molecule has 0 spiro atoms. The molecule has 0 aliphatic carbocycles. The van der Waals surface area contributed by atoms with E-state index in [0.29, 0.717) is 5.41 Å². The smallest absolute Gasteiger partial charge is 0.107 e. The summed E-state index contributed by atoms with van der Waals surface area (Å²) in [6.07, 6.45) is 3.55. The number of nitrogens with one attached hydrogen (secondary N) is 1. The van der Waals surface area contributed by atoms with Crippen molar-refractivity contribution in [2.45, 2.75) is 46.6 Å². The van der Waals surface area contributed by atoms with Gasteiger partial charge in [-0.1, -0.05) is 13.8 Å². The maximum Gasteiger partial charge on any atom is 0.107 e. The van der Waals surface area contributed by atoms with Crippen LogP contribution in [0.1, 0.15) is 43.8 Å². The zero-order valence-electron chi connectivity index (χ0n) is 11.3. The summed E-state index contributed by atoms with van der Waals surface area (Å²) in [6.45, 7) is 9.38. The van der Waals surface area contributed by atoms with Crippen LogP contribution in [0.5, 0.6) is 0 Å². The summed E-state index contributed by atoms with van der Waals surface area (Å²) in [5.74, 6) is 0. The van der Waals surface area contributed by atoms with E-state index in [1.165, 1.54) is 17.8 Å². The van der Waals surface area contributed by atoms with Crippen LogP contribution < -0.4 is 11.1 Å². The Morgan fingerprint density at radius 3 is 2.76 bits per heavy atom. The van der Waals surface area contributed by atoms with Gasteiger partial charge < -0.3 is 11.1 Å². The van der Waals surface area contributed by atoms with E-state index in [1.54, 1.807) is 11.3 Å². The van der Waals surface area contributed by atoms with Gasteiger partial charge in [0.25, 0.3) is 0 Å². The normalized spacial score (nSPS) is 12.0. The topological polar surface area (TPSA) is 50.9 Å². The highest BCUT2D eigenvalue weighted by atomic mass is 32.1. The first-order chi connectivity index (χ1) is 8.03. The molecule has 0 atom stereocenters. The molecule has 0 saturated heterocycles. The highest BCUT2D eigenvalue weighted by molar-refractivity contribution is 7.09. The molecule has 0 unspecified atom stereocenters. The molecule has 1 aromatic heterocycles. The van der Waals surface area contributed by atoms with E-state index in [0.717, 1.165) is 31.7 Å². The molecule has 0 aliphatic heterocycles. The summed E-state index contributed by atoms with van der Waals surface area (Å²) < 4.78 is 0. The summed E-state index contributed by atoms with van der Waals surface area (Å²) in [5, 5.41) is 6.73. The van der Waals surface area contributed by atoms with Crippen LogP contribution in [0.3, 0.4) is 0 Å². The predicted molar refractivity (Wildman–Crippen MR) is 75.2 cm³/mol. The number of nitrogens with two attached hydrogens (primary N) is 1. The van der Waals surface area contributed by atoms with Gasteiger partial charge >= 0.3 is 0 Å². The van der Waals surface area contributed by atoms with Gasteiger partial charge in [-0.05, 0) is 44.7 Å². The molecule has 1 aromatic rings. The summed E-state index contributed by atoms with van der Waals surface area (Å²) in [7, 11) is 0. The van der Waals surface area contributed by atoms with E-state index in [2.05, 4.69) is 29.5 Å². The van der Waals surface area contributed by atoms with Crippen molar-refractivity contribution in [1.82, 2.24) is 10.3 Å². The van der Waals surface area contributed by atoms with E-state index in [1.807, 2.05) is 6.92 Å². The highest BCUT2D eigenvalue weighted by Crippen LogP contribution is 2.25. The monoisotopic (exact) mass is 255 g/mol. The molecule has 3 N–H and O–H groups in total. The molecule has 98 valence electrons. The number of aromatic nitrogens is 1. The standard InChI is InChI=1S/C13H25N3S/c1-11-10-17-12(16-11)9-15-8-4-5-13(2,3)6-7-14/h10,15H,4-9,14H2,1-3H3. The fourth-order valence-corrected chi connectivity index (χ4v) is 2.63. The maximum atomic E-state index is 5.60. The van der Waals surface area contributed by atoms with Gasteiger partial charge in [0.1, 0.15) is 5.01 Å². The van der Waals surface area contributed by atoms with Gasteiger partial charge in [0.05, 0.1) is 0 Å². The van der Waals surface area contributed by atoms with E-state index >= 15 is 0 Å². The van der Waals surface area contributed by atoms with Crippen molar-refractivity contribution >= 4 is 11.3 Å². The fourth-order valence-electron chi connectivity index (χ4n) is 1.89. The van der Waals surface area contributed by atoms with Crippen molar-refractivity contribution in [1.29, 1.82) is 0 Å². The van der Waals surface area contributed by atoms with Crippen molar-refractivity contribution in [3.8, 4) is 0 Å². The Bertz CT molecular complexity index is 320. The number of aryl methyl sites for hydroxylation is 1. The maximum absolute atomic E-state index is 5.60. The average molecular weight is 255 g/mol. The Balaban J connectivity index is 2.08. The van der Waals surface area contributed by atoms with Gasteiger partial charge in [-0.2, -0.15) is 0 Å². The fraction of sp³-hybridized carbons (Fsp3) is 0.769. The Morgan fingerprint density at radius 1 is 1.41 bits per heavy atom. The molecule has 4 heteroatoms. The Labute approximate surface area is 109 Å². The minimum absolute atomic E-state index is 0.383. The largest absolute Gasteiger partial charge is 0.330 e. The molecule has 0 fully saturated rings. The van der Waals surface area contributed by atoms with E-state index in [9.17, 15) is 0 Å². The van der Waals surface area contributed by atoms with Crippen LogP contribution >= 0.6 is 11.3 Å². The first-order valence-corrected chi connectivity index (χ1v) is 7.23. The lowest BCUT2D eigenvalue weighted by molar-refractivity contribution is 0.302. The molecule has 1 heterocycles. The lowest BCUT2D eigenvalue weighted by atomic mass is 9.84. The van der Waals surface area contributed by atoms with Crippen molar-refractivity contribution < 1.29 is 0 Å². The third-order valence-electron chi connectivity index (χ3n) is 2.97. The van der Waals surface area contributed by atoms with Gasteiger partial charge in [0.15, 0.2) is 0 Å². The molecule has 0 radical (unpaired) electrons. The highest BCUT2D eigenvalue weighted by Gasteiger charge is 2.15. The first kappa shape index (κ1) is 14.6. The number of hydrogen-bond donors (Lipinski definition) is 2. The first-order valence-electron chi connectivity index (χ1n) is 6.35. The average Bonchev–Trinajstić information content (AvgIpc) is 2.63. The van der Waals surface area contributed by atoms with E-state index < -0.39 is 0 Å². The summed E-state index contributed by atoms with van der Waals surface area (Å²) in [4.78, 5) is 4.43. The second-order valence-corrected chi connectivity index (χ2v) is 6.31. The molecular weight excluding hydrogens is 230 g/mol. The summed E-state index contributed by atoms with van der Waals surface area (Å²) in [5.41, 5.74) is 7.11. The van der Waals surface area contributed by atoms with Crippen LogP contribution in [-0.4, -0.2) is 18.1 Å². The molecular formula is C13H25N3S. The third-order valence-corrected chi connectivity index (χ3v) is 3.94. The van der Waals surface area contributed by atoms with Crippen LogP contribution in [-0.2, 0) is 6.54 Å². The van der Waals surface area contributed by atoms with Crippen LogP contribution in [0, 0.1) is 12.3 Å². The van der Waals surface area contributed by atoms with Crippen molar-refractivity contribution in [3.05, 3.63) is 16.1 Å². The van der Waals surface area contributed by atoms with E-state index in [4.69, 9.17) is 5.73 Å². The SMILES string of the molecule is Cc1csc(CNCCCC(C)(C)CCN)n1. The molecule has 0 saturated carbocycles. The molecule has 0 amide bonds. The van der Waals surface area contributed by atoms with Crippen molar-refractivity contribution in [3.63, 3.8) is 0 Å². The lowest BCUT2D eigenvalue weighted by Crippen LogP contribution is -2.20. The zero-order chi connectivity index (χ0) is 12.7. The minimum atomic E-state index is 0.383. The zero-order valence-corrected chi connectivity index (χ0v) is 12.1. The van der Waals surface area contributed by atoms with Crippen LogP contribution in [0.25, 0.3) is 0 Å². The van der Waals surface area contributed by atoms with Crippen LogP contribution in [0.15, 0.2) is 5.38 Å². The molecule has 0 aliphatic rings. The predicted octanol–water partition coefficient (Wildman–Crippen LogP) is 2.70.